The lowest BCUT2D eigenvalue weighted by atomic mass is 10.2. The van der Waals surface area contributed by atoms with Gasteiger partial charge in [-0.3, -0.25) is 15.1 Å². The third kappa shape index (κ3) is 3.19. The molecule has 2 rings (SSSR count). The molecule has 1 aliphatic rings. The highest BCUT2D eigenvalue weighted by Crippen LogP contribution is 2.13. The van der Waals surface area contributed by atoms with Crippen molar-refractivity contribution >= 4 is 0 Å². The van der Waals surface area contributed by atoms with E-state index in [1.54, 1.807) is 0 Å². The topological polar surface area (TPSA) is 71.3 Å². The average molecular weight is 248 g/mol. The van der Waals surface area contributed by atoms with E-state index in [1.165, 1.54) is 0 Å². The molecule has 0 radical (unpaired) electrons. The summed E-state index contributed by atoms with van der Waals surface area (Å²) in [7, 11) is 0. The Hall–Kier alpha value is -2.11. The van der Waals surface area contributed by atoms with Crippen LogP contribution in [0.3, 0.4) is 0 Å². The minimum absolute atomic E-state index is 0.423. The molecule has 1 aromatic rings. The number of hydrogen-bond acceptors (Lipinski definition) is 5. The minimum Gasteiger partial charge on any atom is -0.367 e. The van der Waals surface area contributed by atoms with E-state index >= 15 is 0 Å². The van der Waals surface area contributed by atoms with Crippen LogP contribution in [-0.4, -0.2) is 27.9 Å². The van der Waals surface area contributed by atoms with Crippen molar-refractivity contribution in [3.05, 3.63) is 51.7 Å². The smallest absolute Gasteiger partial charge is 0.274 e. The van der Waals surface area contributed by atoms with E-state index in [0.29, 0.717) is 12.4 Å². The monoisotopic (exact) mass is 248 g/mol. The summed E-state index contributed by atoms with van der Waals surface area (Å²) in [5.74, 6) is 0.576. The van der Waals surface area contributed by atoms with Gasteiger partial charge in [-0.25, -0.2) is 0 Å². The molecule has 0 bridgehead atoms. The number of nitrogens with zero attached hydrogens (tertiary/aromatic N) is 3. The molecule has 1 saturated heterocycles. The zero-order chi connectivity index (χ0) is 13.0. The highest BCUT2D eigenvalue weighted by molar-refractivity contribution is 5.14. The molecule has 1 N–H and O–H groups in total. The second kappa shape index (κ2) is 5.48. The highest BCUT2D eigenvalue weighted by Gasteiger charge is 2.17. The van der Waals surface area contributed by atoms with Crippen molar-refractivity contribution in [2.75, 3.05) is 13.1 Å². The number of hydrogen-bond donors (Lipinski definition) is 1. The van der Waals surface area contributed by atoms with Gasteiger partial charge in [0.2, 0.25) is 0 Å². The fourth-order valence-electron chi connectivity index (χ4n) is 1.92. The summed E-state index contributed by atoms with van der Waals surface area (Å²) < 4.78 is 0. The van der Waals surface area contributed by atoms with Crippen LogP contribution in [0.2, 0.25) is 0 Å². The maximum atomic E-state index is 10.6. The lowest BCUT2D eigenvalue weighted by molar-refractivity contribution is -0.405. The minimum atomic E-state index is -0.423. The molecular weight excluding hydrogens is 232 g/mol. The van der Waals surface area contributed by atoms with Crippen molar-refractivity contribution in [3.63, 3.8) is 0 Å². The summed E-state index contributed by atoms with van der Waals surface area (Å²) in [5.41, 5.74) is 2.02. The van der Waals surface area contributed by atoms with Crippen molar-refractivity contribution < 1.29 is 4.92 Å². The molecule has 2 heterocycles. The first-order valence-corrected chi connectivity index (χ1v) is 5.91. The first kappa shape index (κ1) is 12.3. The first-order chi connectivity index (χ1) is 8.65. The van der Waals surface area contributed by atoms with E-state index in [4.69, 9.17) is 0 Å². The van der Waals surface area contributed by atoms with Gasteiger partial charge in [0.1, 0.15) is 0 Å². The highest BCUT2D eigenvalue weighted by atomic mass is 16.6. The number of nitro groups is 1. The quantitative estimate of drug-likeness (QED) is 0.644. The Bertz CT molecular complexity index is 456. The number of aryl methyl sites for hydroxylation is 1. The Labute approximate surface area is 105 Å². The molecule has 0 unspecified atom stereocenters. The second-order valence-electron chi connectivity index (χ2n) is 4.31. The molecule has 96 valence electrons. The molecule has 1 aromatic heterocycles. The van der Waals surface area contributed by atoms with Crippen LogP contribution < -0.4 is 5.32 Å². The van der Waals surface area contributed by atoms with Gasteiger partial charge < -0.3 is 10.2 Å². The summed E-state index contributed by atoms with van der Waals surface area (Å²) in [6, 6.07) is 3.95. The van der Waals surface area contributed by atoms with Crippen molar-refractivity contribution in [2.45, 2.75) is 19.9 Å². The van der Waals surface area contributed by atoms with Gasteiger partial charge in [0.15, 0.2) is 5.82 Å². The van der Waals surface area contributed by atoms with Crippen molar-refractivity contribution in [3.8, 4) is 0 Å². The van der Waals surface area contributed by atoms with Crippen LogP contribution in [-0.2, 0) is 6.54 Å². The van der Waals surface area contributed by atoms with Crippen LogP contribution in [0.1, 0.15) is 17.7 Å². The fourth-order valence-corrected chi connectivity index (χ4v) is 1.92. The zero-order valence-electron chi connectivity index (χ0n) is 10.3. The van der Waals surface area contributed by atoms with Gasteiger partial charge in [0, 0.05) is 31.5 Å². The van der Waals surface area contributed by atoms with Crippen LogP contribution in [0.4, 0.5) is 0 Å². The van der Waals surface area contributed by atoms with Gasteiger partial charge in [0.25, 0.3) is 6.20 Å². The van der Waals surface area contributed by atoms with Crippen LogP contribution in [0, 0.1) is 17.0 Å². The summed E-state index contributed by atoms with van der Waals surface area (Å²) in [5, 5.41) is 13.6. The largest absolute Gasteiger partial charge is 0.367 e. The van der Waals surface area contributed by atoms with Crippen LogP contribution in [0.15, 0.2) is 30.4 Å². The molecule has 1 fully saturated rings. The molecule has 18 heavy (non-hydrogen) atoms. The van der Waals surface area contributed by atoms with Gasteiger partial charge in [0.05, 0.1) is 4.92 Å². The molecule has 0 aromatic carbocycles. The van der Waals surface area contributed by atoms with Crippen LogP contribution in [0.25, 0.3) is 0 Å². The standard InChI is InChI=1S/C12H16N4O2/c1-10-3-4-11(7-14-10)8-15-6-2-5-13-12(15)9-16(17)18/h3-4,7,9,13H,2,5-6,8H2,1H3. The lowest BCUT2D eigenvalue weighted by Gasteiger charge is -2.30. The Morgan fingerprint density at radius 2 is 2.44 bits per heavy atom. The Morgan fingerprint density at radius 1 is 1.61 bits per heavy atom. The van der Waals surface area contributed by atoms with Gasteiger partial charge in [-0.05, 0) is 25.0 Å². The first-order valence-electron chi connectivity index (χ1n) is 5.91. The lowest BCUT2D eigenvalue weighted by Crippen LogP contribution is -2.39. The molecule has 0 atom stereocenters. The molecule has 0 aliphatic carbocycles. The molecule has 6 heteroatoms. The van der Waals surface area contributed by atoms with E-state index < -0.39 is 4.92 Å². The Kier molecular flexibility index (Phi) is 3.76. The summed E-state index contributed by atoms with van der Waals surface area (Å²) in [6.07, 6.45) is 3.82. The molecular formula is C12H16N4O2. The molecule has 6 nitrogen and oxygen atoms in total. The Morgan fingerprint density at radius 3 is 3.11 bits per heavy atom. The fraction of sp³-hybridized carbons (Fsp3) is 0.417. The Balaban J connectivity index is 2.10. The zero-order valence-corrected chi connectivity index (χ0v) is 10.3. The second-order valence-corrected chi connectivity index (χ2v) is 4.31. The van der Waals surface area contributed by atoms with Gasteiger partial charge in [-0.1, -0.05) is 6.07 Å². The predicted octanol–water partition coefficient (Wildman–Crippen LogP) is 1.26. The van der Waals surface area contributed by atoms with E-state index in [0.717, 1.165) is 37.0 Å². The third-order valence-corrected chi connectivity index (χ3v) is 2.83. The van der Waals surface area contributed by atoms with Crippen LogP contribution >= 0.6 is 0 Å². The van der Waals surface area contributed by atoms with Crippen molar-refractivity contribution in [1.29, 1.82) is 0 Å². The average Bonchev–Trinajstić information content (AvgIpc) is 2.34. The van der Waals surface area contributed by atoms with Crippen molar-refractivity contribution in [1.82, 2.24) is 15.2 Å². The normalized spacial score (nSPS) is 17.6. The van der Waals surface area contributed by atoms with Crippen LogP contribution in [0.5, 0.6) is 0 Å². The molecule has 0 saturated carbocycles. The summed E-state index contributed by atoms with van der Waals surface area (Å²) in [6.45, 7) is 4.17. The van der Waals surface area contributed by atoms with E-state index in [9.17, 15) is 10.1 Å². The summed E-state index contributed by atoms with van der Waals surface area (Å²) >= 11 is 0. The van der Waals surface area contributed by atoms with E-state index in [-0.39, 0.29) is 0 Å². The van der Waals surface area contributed by atoms with E-state index in [2.05, 4.69) is 10.3 Å². The maximum Gasteiger partial charge on any atom is 0.274 e. The molecule has 0 spiro atoms. The molecule has 1 aliphatic heterocycles. The number of rotatable bonds is 3. The number of nitrogens with one attached hydrogen (secondary N) is 1. The molecule has 0 amide bonds. The summed E-state index contributed by atoms with van der Waals surface area (Å²) in [4.78, 5) is 16.3. The van der Waals surface area contributed by atoms with Gasteiger partial charge >= 0.3 is 0 Å². The predicted molar refractivity (Wildman–Crippen MR) is 67.1 cm³/mol. The number of aromatic nitrogens is 1. The number of pyridine rings is 1. The van der Waals surface area contributed by atoms with Crippen molar-refractivity contribution in [2.24, 2.45) is 0 Å². The van der Waals surface area contributed by atoms with Gasteiger partial charge in [-0.15, -0.1) is 0 Å². The maximum absolute atomic E-state index is 10.6. The van der Waals surface area contributed by atoms with E-state index in [1.807, 2.05) is 30.2 Å². The van der Waals surface area contributed by atoms with Gasteiger partial charge in [-0.2, -0.15) is 0 Å². The SMILES string of the molecule is Cc1ccc(CN2CCCNC2=C[N+](=O)[O-])cn1. The third-order valence-electron chi connectivity index (χ3n) is 2.83.